The summed E-state index contributed by atoms with van der Waals surface area (Å²) in [4.78, 5) is 24.6. The third-order valence-corrected chi connectivity index (χ3v) is 14.8. The summed E-state index contributed by atoms with van der Waals surface area (Å²) in [7, 11) is 0. The average molecular weight is 975 g/mol. The Kier molecular flexibility index (Phi) is 58.0. The van der Waals surface area contributed by atoms with Gasteiger partial charge < -0.3 is 20.3 Å². The lowest BCUT2D eigenvalue weighted by Gasteiger charge is -2.22. The number of carbonyl (C=O) groups is 2. The predicted molar refractivity (Wildman–Crippen MR) is 301 cm³/mol. The van der Waals surface area contributed by atoms with E-state index in [1.54, 1.807) is 0 Å². The summed E-state index contributed by atoms with van der Waals surface area (Å²) in [6.07, 6.45) is 70.7. The zero-order valence-electron chi connectivity index (χ0n) is 46.8. The molecule has 69 heavy (non-hydrogen) atoms. The molecular formula is C63H123NO5. The fourth-order valence-electron chi connectivity index (χ4n) is 9.99. The maximum Gasteiger partial charge on any atom is 0.305 e. The second-order valence-electron chi connectivity index (χ2n) is 21.7. The number of carbonyl (C=O) groups excluding carboxylic acids is 2. The van der Waals surface area contributed by atoms with E-state index in [9.17, 15) is 19.8 Å². The third kappa shape index (κ3) is 55.8. The number of hydrogen-bond donors (Lipinski definition) is 3. The lowest BCUT2D eigenvalue weighted by Crippen LogP contribution is -2.45. The van der Waals surface area contributed by atoms with Gasteiger partial charge >= 0.3 is 5.97 Å². The van der Waals surface area contributed by atoms with Gasteiger partial charge in [0.2, 0.25) is 5.91 Å². The van der Waals surface area contributed by atoms with Gasteiger partial charge in [-0.05, 0) is 51.4 Å². The molecule has 0 aliphatic rings. The van der Waals surface area contributed by atoms with E-state index in [4.69, 9.17) is 4.74 Å². The Hall–Kier alpha value is -1.40. The van der Waals surface area contributed by atoms with E-state index in [0.29, 0.717) is 25.9 Å². The first kappa shape index (κ1) is 67.6. The van der Waals surface area contributed by atoms with Gasteiger partial charge in [0, 0.05) is 12.8 Å². The van der Waals surface area contributed by atoms with Crippen LogP contribution in [-0.2, 0) is 14.3 Å². The smallest absolute Gasteiger partial charge is 0.305 e. The summed E-state index contributed by atoms with van der Waals surface area (Å²) in [5.74, 6) is -0.0467. The van der Waals surface area contributed by atoms with Gasteiger partial charge in [-0.15, -0.1) is 0 Å². The summed E-state index contributed by atoms with van der Waals surface area (Å²) in [5.41, 5.74) is 0. The number of amides is 1. The molecule has 0 aliphatic heterocycles. The molecule has 0 spiro atoms. The van der Waals surface area contributed by atoms with Gasteiger partial charge in [0.25, 0.3) is 0 Å². The molecule has 3 N–H and O–H groups in total. The summed E-state index contributed by atoms with van der Waals surface area (Å²) < 4.78 is 5.47. The minimum Gasteiger partial charge on any atom is -0.466 e. The molecule has 410 valence electrons. The van der Waals surface area contributed by atoms with Crippen LogP contribution in [0.1, 0.15) is 354 Å². The maximum absolute atomic E-state index is 12.5. The highest BCUT2D eigenvalue weighted by atomic mass is 16.5. The summed E-state index contributed by atoms with van der Waals surface area (Å²) >= 11 is 0. The quantitative estimate of drug-likeness (QED) is 0.0321. The van der Waals surface area contributed by atoms with Gasteiger partial charge in [-0.2, -0.15) is 0 Å². The number of hydrogen-bond acceptors (Lipinski definition) is 5. The zero-order valence-corrected chi connectivity index (χ0v) is 46.8. The third-order valence-electron chi connectivity index (χ3n) is 14.8. The lowest BCUT2D eigenvalue weighted by molar-refractivity contribution is -0.143. The number of unbranched alkanes of at least 4 members (excludes halogenated alkanes) is 46. The Balaban J connectivity index is 3.42. The molecule has 2 atom stereocenters. The van der Waals surface area contributed by atoms with Crippen molar-refractivity contribution in [2.45, 2.75) is 366 Å². The molecule has 0 saturated carbocycles. The lowest BCUT2D eigenvalue weighted by atomic mass is 10.0. The fraction of sp³-hybridized carbons (Fsp3) is 0.937. The van der Waals surface area contributed by atoms with Crippen molar-refractivity contribution in [3.8, 4) is 0 Å². The van der Waals surface area contributed by atoms with E-state index < -0.39 is 12.1 Å². The summed E-state index contributed by atoms with van der Waals surface area (Å²) in [5, 5.41) is 23.4. The van der Waals surface area contributed by atoms with Gasteiger partial charge in [0.15, 0.2) is 0 Å². The van der Waals surface area contributed by atoms with Crippen LogP contribution in [0.3, 0.4) is 0 Å². The molecule has 0 rings (SSSR count). The molecule has 6 nitrogen and oxygen atoms in total. The van der Waals surface area contributed by atoms with Crippen molar-refractivity contribution in [2.75, 3.05) is 13.2 Å². The molecule has 2 unspecified atom stereocenters. The maximum atomic E-state index is 12.5. The molecular weight excluding hydrogens is 851 g/mol. The van der Waals surface area contributed by atoms with Crippen molar-refractivity contribution >= 4 is 11.9 Å². The summed E-state index contributed by atoms with van der Waals surface area (Å²) in [6.45, 7) is 4.95. The first-order valence-electron chi connectivity index (χ1n) is 31.4. The van der Waals surface area contributed by atoms with Crippen LogP contribution in [0.5, 0.6) is 0 Å². The molecule has 0 aromatic rings. The monoisotopic (exact) mass is 974 g/mol. The number of aliphatic hydroxyl groups is 2. The minimum atomic E-state index is -0.671. The van der Waals surface area contributed by atoms with Crippen LogP contribution >= 0.6 is 0 Å². The molecule has 0 aromatic heterocycles. The van der Waals surface area contributed by atoms with Gasteiger partial charge in [-0.3, -0.25) is 9.59 Å². The van der Waals surface area contributed by atoms with Crippen LogP contribution in [0.15, 0.2) is 12.2 Å². The summed E-state index contributed by atoms with van der Waals surface area (Å²) in [6, 6.07) is -0.549. The second kappa shape index (κ2) is 59.2. The van der Waals surface area contributed by atoms with Gasteiger partial charge in [0.05, 0.1) is 25.4 Å². The Labute approximate surface area is 431 Å². The zero-order chi connectivity index (χ0) is 50.0. The highest BCUT2D eigenvalue weighted by Gasteiger charge is 2.20. The van der Waals surface area contributed by atoms with Crippen molar-refractivity contribution in [1.82, 2.24) is 5.32 Å². The van der Waals surface area contributed by atoms with E-state index in [1.165, 1.54) is 270 Å². The van der Waals surface area contributed by atoms with Crippen molar-refractivity contribution in [2.24, 2.45) is 0 Å². The van der Waals surface area contributed by atoms with Crippen LogP contribution in [0.4, 0.5) is 0 Å². The first-order chi connectivity index (χ1) is 34.0. The SMILES string of the molecule is CCCCCC/C=C\CCCCCCCC(=O)OCCCCCCCCCCCCCCCCCC(=O)NC(CO)C(O)CCCCCCCCCCCCCCCCCCCCCCCCCC. The highest BCUT2D eigenvalue weighted by Crippen LogP contribution is 2.18. The highest BCUT2D eigenvalue weighted by molar-refractivity contribution is 5.76. The van der Waals surface area contributed by atoms with Gasteiger partial charge in [-0.1, -0.05) is 302 Å². The first-order valence-corrected chi connectivity index (χ1v) is 31.4. The fourth-order valence-corrected chi connectivity index (χ4v) is 9.99. The molecule has 0 radical (unpaired) electrons. The van der Waals surface area contributed by atoms with E-state index in [0.717, 1.165) is 51.4 Å². The molecule has 1 amide bonds. The van der Waals surface area contributed by atoms with Gasteiger partial charge in [-0.25, -0.2) is 0 Å². The van der Waals surface area contributed by atoms with Crippen LogP contribution in [0, 0.1) is 0 Å². The van der Waals surface area contributed by atoms with E-state index >= 15 is 0 Å². The molecule has 0 fully saturated rings. The molecule has 0 aromatic carbocycles. The number of ether oxygens (including phenoxy) is 1. The number of nitrogens with one attached hydrogen (secondary N) is 1. The largest absolute Gasteiger partial charge is 0.466 e. The van der Waals surface area contributed by atoms with Crippen molar-refractivity contribution in [3.05, 3.63) is 12.2 Å². The Morgan fingerprint density at radius 2 is 0.681 bits per heavy atom. The van der Waals surface area contributed by atoms with Crippen LogP contribution in [-0.4, -0.2) is 47.4 Å². The minimum absolute atomic E-state index is 0.00734. The normalized spacial score (nSPS) is 12.6. The number of rotatable bonds is 59. The Morgan fingerprint density at radius 3 is 1.04 bits per heavy atom. The molecule has 0 bridgehead atoms. The van der Waals surface area contributed by atoms with Crippen LogP contribution in [0.2, 0.25) is 0 Å². The Bertz CT molecular complexity index is 1030. The van der Waals surface area contributed by atoms with Crippen LogP contribution in [0.25, 0.3) is 0 Å². The van der Waals surface area contributed by atoms with Crippen molar-refractivity contribution < 1.29 is 24.5 Å². The average Bonchev–Trinajstić information content (AvgIpc) is 3.35. The standard InChI is InChI=1S/C63H123NO5/c1-3-5-7-9-11-13-15-17-18-19-20-21-22-23-24-25-26-28-32-35-39-43-47-51-55-61(66)60(59-65)64-62(67)56-52-48-44-40-36-33-29-27-30-34-38-42-46-50-54-58-69-63(68)57-53-49-45-41-37-31-16-14-12-10-8-6-4-2/h14,16,60-61,65-66H,3-13,15,17-59H2,1-2H3,(H,64,67)/b16-14-. The van der Waals surface area contributed by atoms with Crippen molar-refractivity contribution in [3.63, 3.8) is 0 Å². The van der Waals surface area contributed by atoms with Crippen molar-refractivity contribution in [1.29, 1.82) is 0 Å². The van der Waals surface area contributed by atoms with E-state index in [1.807, 2.05) is 0 Å². The topological polar surface area (TPSA) is 95.9 Å². The number of allylic oxidation sites excluding steroid dienone is 2. The van der Waals surface area contributed by atoms with Gasteiger partial charge in [0.1, 0.15) is 0 Å². The van der Waals surface area contributed by atoms with E-state index in [2.05, 4.69) is 31.3 Å². The number of aliphatic hydroxyl groups excluding tert-OH is 2. The number of esters is 1. The molecule has 0 aliphatic carbocycles. The molecule has 6 heteroatoms. The second-order valence-corrected chi connectivity index (χ2v) is 21.7. The molecule has 0 heterocycles. The molecule has 0 saturated heterocycles. The van der Waals surface area contributed by atoms with E-state index in [-0.39, 0.29) is 18.5 Å². The predicted octanol–water partition coefficient (Wildman–Crippen LogP) is 19.6. The Morgan fingerprint density at radius 1 is 0.391 bits per heavy atom. The van der Waals surface area contributed by atoms with Crippen LogP contribution < -0.4 is 5.32 Å².